The number of rotatable bonds is 6. The fourth-order valence-electron chi connectivity index (χ4n) is 6.10. The van der Waals surface area contributed by atoms with E-state index in [0.717, 1.165) is 57.8 Å². The Morgan fingerprint density at radius 2 is 1.37 bits per heavy atom. The number of hydrogen-bond acceptors (Lipinski definition) is 1. The van der Waals surface area contributed by atoms with Crippen LogP contribution in [0, 0.1) is 5.41 Å². The molecule has 2 rings (SSSR count). The van der Waals surface area contributed by atoms with Crippen molar-refractivity contribution >= 4 is 21.0 Å². The van der Waals surface area contributed by atoms with Gasteiger partial charge in [-0.25, -0.2) is 0 Å². The molecule has 2 fully saturated rings. The number of amides is 1. The fourth-order valence-corrected chi connectivity index (χ4v) is 6.10. The Kier molecular flexibility index (Phi) is 9.44. The second-order valence-corrected chi connectivity index (χ2v) is 12.0. The molecule has 3 radical (unpaired) electrons. The van der Waals surface area contributed by atoms with Crippen LogP contribution in [0.2, 0.25) is 10.5 Å². The predicted molar refractivity (Wildman–Crippen MR) is 132 cm³/mol. The smallest absolute Gasteiger partial charge is 0.226 e. The van der Waals surface area contributed by atoms with Gasteiger partial charge in [0.2, 0.25) is 5.91 Å². The van der Waals surface area contributed by atoms with E-state index < -0.39 is 0 Å². The molecule has 2 saturated carbocycles. The largest absolute Gasteiger partial charge is 0.351 e. The number of nitrogens with one attached hydrogen (secondary N) is 1. The van der Waals surface area contributed by atoms with Crippen LogP contribution >= 0.6 is 0 Å². The molecule has 2 atom stereocenters. The van der Waals surface area contributed by atoms with Crippen LogP contribution in [0.25, 0.3) is 0 Å². The van der Waals surface area contributed by atoms with Crippen LogP contribution in [0.5, 0.6) is 0 Å². The monoisotopic (exact) mass is 412 g/mol. The molecule has 0 aromatic carbocycles. The van der Waals surface area contributed by atoms with Crippen molar-refractivity contribution in [2.45, 2.75) is 153 Å². The van der Waals surface area contributed by atoms with Crippen molar-refractivity contribution in [2.24, 2.45) is 5.41 Å². The summed E-state index contributed by atoms with van der Waals surface area (Å²) in [7, 11) is 9.62. The first-order valence-electron chi connectivity index (χ1n) is 13.0. The highest BCUT2D eigenvalue weighted by molar-refractivity contribution is 6.56. The Morgan fingerprint density at radius 1 is 0.867 bits per heavy atom. The summed E-state index contributed by atoms with van der Waals surface area (Å²) in [4.78, 5) is 13.2. The Balaban J connectivity index is 2.00. The lowest BCUT2D eigenvalue weighted by molar-refractivity contribution is -0.133. The van der Waals surface area contributed by atoms with Crippen molar-refractivity contribution in [3.63, 3.8) is 0 Å². The van der Waals surface area contributed by atoms with Gasteiger partial charge in [-0.1, -0.05) is 115 Å². The standard InChI is InChI=1S/C26H48B2NO/c1-6-15-23(2,3)29-22(30)24(4)16-12-13-20-26(27,21-14-17-24)28-25(5)18-10-8-7-9-11-19-25/h6-21H2,1-5H3,(H,29,30). The molecule has 2 nitrogen and oxygen atoms in total. The normalized spacial score (nSPS) is 31.4. The summed E-state index contributed by atoms with van der Waals surface area (Å²) in [5, 5.41) is 3.48. The van der Waals surface area contributed by atoms with Crippen molar-refractivity contribution in [1.82, 2.24) is 5.32 Å². The molecule has 0 bridgehead atoms. The average molecular weight is 412 g/mol. The summed E-state index contributed by atoms with van der Waals surface area (Å²) in [6, 6.07) is 0. The molecule has 169 valence electrons. The third-order valence-corrected chi connectivity index (χ3v) is 8.00. The molecule has 2 unspecified atom stereocenters. The van der Waals surface area contributed by atoms with E-state index >= 15 is 0 Å². The predicted octanol–water partition coefficient (Wildman–Crippen LogP) is 7.34. The van der Waals surface area contributed by atoms with E-state index in [4.69, 9.17) is 7.85 Å². The van der Waals surface area contributed by atoms with Crippen LogP contribution in [0.1, 0.15) is 137 Å². The molecule has 0 spiro atoms. The van der Waals surface area contributed by atoms with E-state index in [1.54, 1.807) is 0 Å². The van der Waals surface area contributed by atoms with Crippen LogP contribution in [0.15, 0.2) is 0 Å². The fraction of sp³-hybridized carbons (Fsp3) is 0.962. The minimum atomic E-state index is -0.263. The Bertz CT molecular complexity index is 541. The van der Waals surface area contributed by atoms with Gasteiger partial charge in [0, 0.05) is 11.0 Å². The first-order chi connectivity index (χ1) is 14.0. The van der Waals surface area contributed by atoms with Crippen LogP contribution in [0.3, 0.4) is 0 Å². The molecule has 0 heterocycles. The van der Waals surface area contributed by atoms with Gasteiger partial charge in [0.25, 0.3) is 0 Å². The third-order valence-electron chi connectivity index (χ3n) is 8.00. The van der Waals surface area contributed by atoms with Crippen LogP contribution in [-0.2, 0) is 4.79 Å². The molecule has 2 aliphatic rings. The van der Waals surface area contributed by atoms with Crippen molar-refractivity contribution in [3.8, 4) is 0 Å². The third kappa shape index (κ3) is 7.94. The maximum absolute atomic E-state index is 13.2. The first-order valence-corrected chi connectivity index (χ1v) is 13.0. The molecule has 1 N–H and O–H groups in total. The molecule has 0 aliphatic heterocycles. The molecule has 0 saturated heterocycles. The molecule has 30 heavy (non-hydrogen) atoms. The summed E-state index contributed by atoms with van der Waals surface area (Å²) < 4.78 is 0. The second kappa shape index (κ2) is 11.0. The maximum Gasteiger partial charge on any atom is 0.226 e. The highest BCUT2D eigenvalue weighted by Gasteiger charge is 2.39. The Labute approximate surface area is 190 Å². The summed E-state index contributed by atoms with van der Waals surface area (Å²) in [6.45, 7) is 11.1. The van der Waals surface area contributed by atoms with Gasteiger partial charge >= 0.3 is 0 Å². The van der Waals surface area contributed by atoms with Crippen molar-refractivity contribution in [1.29, 1.82) is 0 Å². The lowest BCUT2D eigenvalue weighted by Gasteiger charge is -2.41. The Morgan fingerprint density at radius 3 is 2.00 bits per heavy atom. The van der Waals surface area contributed by atoms with Gasteiger partial charge in [-0.3, -0.25) is 4.79 Å². The van der Waals surface area contributed by atoms with Gasteiger partial charge in [-0.15, -0.1) is 0 Å². The number of carbonyl (C=O) groups excluding carboxylic acids is 1. The quantitative estimate of drug-likeness (QED) is 0.454. The van der Waals surface area contributed by atoms with E-state index in [1.807, 2.05) is 0 Å². The van der Waals surface area contributed by atoms with Gasteiger partial charge in [0.15, 0.2) is 0 Å². The molecule has 2 aliphatic carbocycles. The number of carbonyl (C=O) groups is 1. The van der Waals surface area contributed by atoms with Gasteiger partial charge in [0.05, 0.1) is 7.85 Å². The zero-order valence-electron chi connectivity index (χ0n) is 20.9. The minimum absolute atomic E-state index is 0.120. The summed E-state index contributed by atoms with van der Waals surface area (Å²) >= 11 is 0. The van der Waals surface area contributed by atoms with Gasteiger partial charge < -0.3 is 5.32 Å². The zero-order valence-corrected chi connectivity index (χ0v) is 20.9. The van der Waals surface area contributed by atoms with Crippen LogP contribution in [-0.4, -0.2) is 26.6 Å². The highest BCUT2D eigenvalue weighted by atomic mass is 16.2. The lowest BCUT2D eigenvalue weighted by atomic mass is 9.29. The van der Waals surface area contributed by atoms with E-state index in [2.05, 4.69) is 47.2 Å². The molecule has 0 aromatic rings. The van der Waals surface area contributed by atoms with Gasteiger partial charge in [-0.2, -0.15) is 0 Å². The molecule has 0 aromatic heterocycles. The van der Waals surface area contributed by atoms with Crippen LogP contribution < -0.4 is 5.32 Å². The minimum Gasteiger partial charge on any atom is -0.351 e. The van der Waals surface area contributed by atoms with Crippen LogP contribution in [0.4, 0.5) is 0 Å². The van der Waals surface area contributed by atoms with E-state index in [-0.39, 0.29) is 27.4 Å². The molecule has 4 heteroatoms. The van der Waals surface area contributed by atoms with Crippen molar-refractivity contribution in [3.05, 3.63) is 0 Å². The summed E-state index contributed by atoms with van der Waals surface area (Å²) in [5.74, 6) is 0.251. The SMILES string of the molecule is [B]C1([B]C2(C)CCCCCCC2)CCCCC(C)(C(=O)NC(C)(C)CCC)CCC1. The molecular formula is C26H48B2NO. The average Bonchev–Trinajstić information content (AvgIpc) is 2.68. The highest BCUT2D eigenvalue weighted by Crippen LogP contribution is 2.49. The molecular weight excluding hydrogens is 364 g/mol. The van der Waals surface area contributed by atoms with Gasteiger partial charge in [-0.05, 0) is 33.1 Å². The molecule has 1 amide bonds. The second-order valence-electron chi connectivity index (χ2n) is 12.0. The van der Waals surface area contributed by atoms with E-state index in [9.17, 15) is 4.79 Å². The maximum atomic E-state index is 13.2. The first kappa shape index (κ1) is 25.9. The number of hydrogen-bond donors (Lipinski definition) is 1. The van der Waals surface area contributed by atoms with Gasteiger partial charge in [0.1, 0.15) is 7.28 Å². The summed E-state index contributed by atoms with van der Waals surface area (Å²) in [5.41, 5.74) is -0.383. The zero-order chi connectivity index (χ0) is 22.3. The van der Waals surface area contributed by atoms with Crippen molar-refractivity contribution in [2.75, 3.05) is 0 Å². The Hall–Kier alpha value is -0.400. The lowest BCUT2D eigenvalue weighted by Crippen LogP contribution is -2.49. The topological polar surface area (TPSA) is 29.1 Å². The van der Waals surface area contributed by atoms with E-state index in [0.29, 0.717) is 0 Å². The van der Waals surface area contributed by atoms with Crippen molar-refractivity contribution < 1.29 is 4.79 Å². The summed E-state index contributed by atoms with van der Waals surface area (Å²) in [6.07, 6.45) is 18.8. The van der Waals surface area contributed by atoms with E-state index in [1.165, 1.54) is 44.9 Å².